The molecule has 0 aliphatic carbocycles. The van der Waals surface area contributed by atoms with Crippen molar-refractivity contribution in [3.05, 3.63) is 70.4 Å². The largest absolute Gasteiger partial charge is 0.357 e. The molecule has 1 aliphatic heterocycles. The Labute approximate surface area is 132 Å². The van der Waals surface area contributed by atoms with Gasteiger partial charge in [0.1, 0.15) is 0 Å². The number of benzene rings is 2. The molecule has 3 aromatic rings. The van der Waals surface area contributed by atoms with Gasteiger partial charge < -0.3 is 4.98 Å². The Balaban J connectivity index is 1.85. The Hall–Kier alpha value is -3.01. The van der Waals surface area contributed by atoms with E-state index < -0.39 is 5.92 Å². The fraction of sp³-hybridized carbons (Fsp3) is 0.105. The number of hydrogen-bond donors (Lipinski definition) is 1. The number of carbonyl (C=O) groups excluding carboxylic acids is 2. The highest BCUT2D eigenvalue weighted by molar-refractivity contribution is 5.99. The van der Waals surface area contributed by atoms with Crippen molar-refractivity contribution in [1.29, 1.82) is 0 Å². The Kier molecular flexibility index (Phi) is 2.98. The van der Waals surface area contributed by atoms with Crippen LogP contribution < -0.4 is 10.6 Å². The first kappa shape index (κ1) is 13.6. The van der Waals surface area contributed by atoms with E-state index in [2.05, 4.69) is 9.98 Å². The van der Waals surface area contributed by atoms with E-state index in [1.54, 1.807) is 13.0 Å². The molecule has 4 rings (SSSR count). The molecular weight excluding hydrogens is 288 g/mol. The predicted octanol–water partition coefficient (Wildman–Crippen LogP) is 2.09. The smallest absolute Gasteiger partial charge is 0.259 e. The first-order chi connectivity index (χ1) is 11.1. The average molecular weight is 302 g/mol. The van der Waals surface area contributed by atoms with Crippen molar-refractivity contribution in [2.24, 2.45) is 4.99 Å². The molecular formula is C19H14N2O2. The Bertz CT molecular complexity index is 1080. The van der Waals surface area contributed by atoms with Crippen LogP contribution in [0.25, 0.3) is 17.0 Å². The van der Waals surface area contributed by atoms with E-state index in [-0.39, 0.29) is 11.7 Å². The fourth-order valence-corrected chi connectivity index (χ4v) is 2.93. The third-order valence-corrected chi connectivity index (χ3v) is 4.16. The summed E-state index contributed by atoms with van der Waals surface area (Å²) >= 11 is 0. The van der Waals surface area contributed by atoms with Crippen LogP contribution in [0.15, 0.2) is 53.5 Å². The second-order valence-electron chi connectivity index (χ2n) is 5.74. The van der Waals surface area contributed by atoms with E-state index in [9.17, 15) is 9.59 Å². The average Bonchev–Trinajstić information content (AvgIpc) is 2.96. The Morgan fingerprint density at radius 3 is 2.78 bits per heavy atom. The van der Waals surface area contributed by atoms with Gasteiger partial charge >= 0.3 is 0 Å². The number of H-pyrrole nitrogens is 1. The lowest BCUT2D eigenvalue weighted by Gasteiger charge is -2.10. The number of hydrogen-bond acceptors (Lipinski definition) is 2. The monoisotopic (exact) mass is 302 g/mol. The summed E-state index contributed by atoms with van der Waals surface area (Å²) in [6.07, 6.45) is 1.93. The van der Waals surface area contributed by atoms with Gasteiger partial charge in [0.15, 0.2) is 5.78 Å². The topological polar surface area (TPSA) is 62.3 Å². The van der Waals surface area contributed by atoms with E-state index in [1.165, 1.54) is 0 Å². The zero-order valence-electron chi connectivity index (χ0n) is 12.5. The number of aromatic amines is 1. The lowest BCUT2D eigenvalue weighted by Crippen LogP contribution is -2.32. The first-order valence-corrected chi connectivity index (χ1v) is 7.45. The minimum absolute atomic E-state index is 0.0267. The van der Waals surface area contributed by atoms with E-state index in [0.29, 0.717) is 10.9 Å². The molecule has 0 spiro atoms. The van der Waals surface area contributed by atoms with Gasteiger partial charge in [-0.15, -0.1) is 0 Å². The fourth-order valence-electron chi connectivity index (χ4n) is 2.93. The summed E-state index contributed by atoms with van der Waals surface area (Å²) in [7, 11) is 0. The number of rotatable bonds is 2. The highest BCUT2D eigenvalue weighted by atomic mass is 16.1. The number of aromatic nitrogens is 1. The second-order valence-corrected chi connectivity index (χ2v) is 5.74. The molecule has 0 saturated heterocycles. The van der Waals surface area contributed by atoms with Crippen LogP contribution in [-0.2, 0) is 4.79 Å². The van der Waals surface area contributed by atoms with Crippen LogP contribution >= 0.6 is 0 Å². The molecule has 112 valence electrons. The quantitative estimate of drug-likeness (QED) is 0.737. The summed E-state index contributed by atoms with van der Waals surface area (Å²) < 4.78 is 0. The van der Waals surface area contributed by atoms with Gasteiger partial charge in [0, 0.05) is 22.2 Å². The lowest BCUT2D eigenvalue weighted by molar-refractivity contribution is -0.118. The molecule has 1 amide bonds. The molecule has 0 fully saturated rings. The summed E-state index contributed by atoms with van der Waals surface area (Å²) in [6, 6.07) is 15.0. The summed E-state index contributed by atoms with van der Waals surface area (Å²) in [4.78, 5) is 31.3. The van der Waals surface area contributed by atoms with Crippen LogP contribution in [0, 0.1) is 0 Å². The minimum Gasteiger partial charge on any atom is -0.357 e. The number of nitrogens with zero attached hydrogens (tertiary/aromatic N) is 1. The third kappa shape index (κ3) is 2.28. The van der Waals surface area contributed by atoms with Gasteiger partial charge in [-0.2, -0.15) is 0 Å². The van der Waals surface area contributed by atoms with Crippen molar-refractivity contribution in [3.63, 3.8) is 0 Å². The predicted molar refractivity (Wildman–Crippen MR) is 87.7 cm³/mol. The molecule has 0 saturated carbocycles. The summed E-state index contributed by atoms with van der Waals surface area (Å²) in [5.41, 5.74) is 2.37. The van der Waals surface area contributed by atoms with Crippen molar-refractivity contribution in [2.45, 2.75) is 12.8 Å². The van der Waals surface area contributed by atoms with E-state index in [4.69, 9.17) is 0 Å². The molecule has 0 radical (unpaired) electrons. The van der Waals surface area contributed by atoms with E-state index in [1.807, 2.05) is 48.5 Å². The van der Waals surface area contributed by atoms with Crippen molar-refractivity contribution >= 4 is 28.7 Å². The maximum atomic E-state index is 12.3. The van der Waals surface area contributed by atoms with Crippen LogP contribution in [0.5, 0.6) is 0 Å². The molecule has 2 aromatic carbocycles. The first-order valence-electron chi connectivity index (χ1n) is 7.45. The SMILES string of the molecule is CC(=O)c1ccc2[nH]c(C3C=c4ccccc4=NC3=O)cc2c1. The summed E-state index contributed by atoms with van der Waals surface area (Å²) in [5.74, 6) is -0.570. The highest BCUT2D eigenvalue weighted by Gasteiger charge is 2.22. The third-order valence-electron chi connectivity index (χ3n) is 4.16. The van der Waals surface area contributed by atoms with Gasteiger partial charge in [0.05, 0.1) is 11.3 Å². The van der Waals surface area contributed by atoms with Gasteiger partial charge in [-0.05, 0) is 42.5 Å². The normalized spacial score (nSPS) is 16.6. The highest BCUT2D eigenvalue weighted by Crippen LogP contribution is 2.25. The van der Waals surface area contributed by atoms with Gasteiger partial charge in [-0.3, -0.25) is 9.59 Å². The van der Waals surface area contributed by atoms with E-state index >= 15 is 0 Å². The number of fused-ring (bicyclic) bond motifs is 2. The second kappa shape index (κ2) is 5.02. The molecule has 1 unspecified atom stereocenters. The molecule has 0 bridgehead atoms. The summed E-state index contributed by atoms with van der Waals surface area (Å²) in [6.45, 7) is 1.54. The lowest BCUT2D eigenvalue weighted by atomic mass is 10.00. The van der Waals surface area contributed by atoms with Crippen LogP contribution in [0.1, 0.15) is 28.9 Å². The maximum Gasteiger partial charge on any atom is 0.259 e. The molecule has 4 nitrogen and oxygen atoms in total. The van der Waals surface area contributed by atoms with Crippen LogP contribution in [-0.4, -0.2) is 16.7 Å². The van der Waals surface area contributed by atoms with Crippen molar-refractivity contribution in [2.75, 3.05) is 0 Å². The van der Waals surface area contributed by atoms with Gasteiger partial charge in [0.25, 0.3) is 5.91 Å². The zero-order valence-corrected chi connectivity index (χ0v) is 12.5. The Morgan fingerprint density at radius 2 is 1.96 bits per heavy atom. The van der Waals surface area contributed by atoms with Crippen LogP contribution in [0.3, 0.4) is 0 Å². The molecule has 4 heteroatoms. The number of nitrogens with one attached hydrogen (secondary N) is 1. The number of para-hydroxylation sites is 1. The molecule has 1 aliphatic rings. The van der Waals surface area contributed by atoms with Crippen LogP contribution in [0.4, 0.5) is 0 Å². The number of ketones is 1. The van der Waals surface area contributed by atoms with Crippen molar-refractivity contribution in [1.82, 2.24) is 4.98 Å². The zero-order chi connectivity index (χ0) is 16.0. The van der Waals surface area contributed by atoms with Crippen LogP contribution in [0.2, 0.25) is 0 Å². The number of carbonyl (C=O) groups is 2. The molecule has 1 aromatic heterocycles. The Morgan fingerprint density at radius 1 is 1.13 bits per heavy atom. The number of amides is 1. The van der Waals surface area contributed by atoms with Crippen molar-refractivity contribution in [3.8, 4) is 0 Å². The van der Waals surface area contributed by atoms with E-state index in [0.717, 1.165) is 21.8 Å². The van der Waals surface area contributed by atoms with Gasteiger partial charge in [0.2, 0.25) is 0 Å². The van der Waals surface area contributed by atoms with Gasteiger partial charge in [-0.1, -0.05) is 24.3 Å². The molecule has 2 heterocycles. The minimum atomic E-state index is -0.418. The maximum absolute atomic E-state index is 12.3. The number of Topliss-reactive ketones (excluding diaryl/α,β-unsaturated/α-hetero) is 1. The molecule has 1 atom stereocenters. The molecule has 23 heavy (non-hydrogen) atoms. The molecule has 1 N–H and O–H groups in total. The van der Waals surface area contributed by atoms with Gasteiger partial charge in [-0.25, -0.2) is 4.99 Å². The van der Waals surface area contributed by atoms with Crippen molar-refractivity contribution < 1.29 is 9.59 Å². The standard InChI is InChI=1S/C19H14N2O2/c1-11(22)12-6-7-17-14(8-12)10-18(20-17)15-9-13-4-2-3-5-16(13)21-19(15)23/h2-10,15,20H,1H3. The summed E-state index contributed by atoms with van der Waals surface area (Å²) in [5, 5.41) is 2.59.